The molecular formula is C16H25N3O4S. The number of carbonyl (C=O) groups is 1. The zero-order chi connectivity index (χ0) is 17.7. The van der Waals surface area contributed by atoms with Crippen molar-refractivity contribution in [3.63, 3.8) is 0 Å². The number of benzene rings is 1. The normalized spacial score (nSPS) is 19.2. The monoisotopic (exact) mass is 355 g/mol. The van der Waals surface area contributed by atoms with Gasteiger partial charge in [-0.2, -0.15) is 0 Å². The van der Waals surface area contributed by atoms with E-state index < -0.39 is 9.84 Å². The Balaban J connectivity index is 2.08. The van der Waals surface area contributed by atoms with Crippen LogP contribution in [0.15, 0.2) is 24.3 Å². The molecule has 134 valence electrons. The van der Waals surface area contributed by atoms with Crippen LogP contribution in [0.25, 0.3) is 0 Å². The van der Waals surface area contributed by atoms with Crippen LogP contribution in [0.5, 0.6) is 5.75 Å². The Labute approximate surface area is 143 Å². The zero-order valence-corrected chi connectivity index (χ0v) is 15.2. The van der Waals surface area contributed by atoms with Crippen LogP contribution in [0.3, 0.4) is 0 Å². The molecule has 1 unspecified atom stereocenters. The lowest BCUT2D eigenvalue weighted by Gasteiger charge is -2.29. The quantitative estimate of drug-likeness (QED) is 0.832. The van der Waals surface area contributed by atoms with Gasteiger partial charge in [0.1, 0.15) is 5.75 Å². The van der Waals surface area contributed by atoms with Crippen molar-refractivity contribution in [2.24, 2.45) is 0 Å². The molecule has 24 heavy (non-hydrogen) atoms. The molecule has 1 aromatic carbocycles. The van der Waals surface area contributed by atoms with Gasteiger partial charge in [0.25, 0.3) is 0 Å². The van der Waals surface area contributed by atoms with Gasteiger partial charge < -0.3 is 19.9 Å². The SMILES string of the molecule is COc1ccc(NC(=O)N(CCN(C)C)C2CCS(=O)(=O)C2)cc1. The number of anilines is 1. The number of rotatable bonds is 6. The van der Waals surface area contributed by atoms with Crippen LogP contribution in [-0.4, -0.2) is 76.1 Å². The van der Waals surface area contributed by atoms with Crippen molar-refractivity contribution < 1.29 is 17.9 Å². The van der Waals surface area contributed by atoms with Crippen LogP contribution >= 0.6 is 0 Å². The molecule has 0 spiro atoms. The van der Waals surface area contributed by atoms with Crippen molar-refractivity contribution in [2.45, 2.75) is 12.5 Å². The van der Waals surface area contributed by atoms with Crippen LogP contribution in [0.4, 0.5) is 10.5 Å². The fourth-order valence-electron chi connectivity index (χ4n) is 2.65. The minimum Gasteiger partial charge on any atom is -0.497 e. The van der Waals surface area contributed by atoms with Crippen molar-refractivity contribution in [1.82, 2.24) is 9.80 Å². The fourth-order valence-corrected chi connectivity index (χ4v) is 4.38. The van der Waals surface area contributed by atoms with E-state index in [1.54, 1.807) is 36.3 Å². The molecule has 0 saturated carbocycles. The van der Waals surface area contributed by atoms with Gasteiger partial charge in [-0.1, -0.05) is 0 Å². The fraction of sp³-hybridized carbons (Fsp3) is 0.562. The molecule has 1 heterocycles. The molecule has 1 aromatic rings. The molecule has 1 fully saturated rings. The molecule has 0 radical (unpaired) electrons. The number of sulfone groups is 1. The van der Waals surface area contributed by atoms with E-state index in [2.05, 4.69) is 5.32 Å². The third kappa shape index (κ3) is 5.10. The minimum absolute atomic E-state index is 0.0382. The maximum Gasteiger partial charge on any atom is 0.322 e. The summed E-state index contributed by atoms with van der Waals surface area (Å²) in [6.07, 6.45) is 0.492. The number of nitrogens with one attached hydrogen (secondary N) is 1. The predicted molar refractivity (Wildman–Crippen MR) is 94.3 cm³/mol. The number of methoxy groups -OCH3 is 1. The van der Waals surface area contributed by atoms with Crippen LogP contribution in [0, 0.1) is 0 Å². The number of ether oxygens (including phenoxy) is 1. The van der Waals surface area contributed by atoms with Gasteiger partial charge >= 0.3 is 6.03 Å². The Morgan fingerprint density at radius 1 is 1.25 bits per heavy atom. The lowest BCUT2D eigenvalue weighted by atomic mass is 10.2. The summed E-state index contributed by atoms with van der Waals surface area (Å²) < 4.78 is 28.6. The molecule has 1 aliphatic heterocycles. The number of likely N-dealkylation sites (N-methyl/N-ethyl adjacent to an activating group) is 1. The van der Waals surface area contributed by atoms with Crippen molar-refractivity contribution >= 4 is 21.6 Å². The Morgan fingerprint density at radius 2 is 1.92 bits per heavy atom. The average Bonchev–Trinajstić information content (AvgIpc) is 2.88. The first kappa shape index (κ1) is 18.5. The topological polar surface area (TPSA) is 79.0 Å². The number of hydrogen-bond donors (Lipinski definition) is 1. The maximum absolute atomic E-state index is 12.6. The maximum atomic E-state index is 12.6. The lowest BCUT2D eigenvalue weighted by molar-refractivity contribution is 0.186. The molecule has 0 aliphatic carbocycles. The van der Waals surface area contributed by atoms with E-state index in [1.807, 2.05) is 19.0 Å². The first-order valence-corrected chi connectivity index (χ1v) is 9.70. The van der Waals surface area contributed by atoms with Crippen molar-refractivity contribution in [3.8, 4) is 5.75 Å². The number of carbonyl (C=O) groups excluding carboxylic acids is 1. The van der Waals surface area contributed by atoms with Gasteiger partial charge in [0.05, 0.1) is 18.6 Å². The molecule has 2 amide bonds. The zero-order valence-electron chi connectivity index (χ0n) is 14.4. The molecule has 2 rings (SSSR count). The molecule has 0 aromatic heterocycles. The van der Waals surface area contributed by atoms with Crippen LogP contribution in [0.1, 0.15) is 6.42 Å². The molecule has 8 heteroatoms. The third-order valence-electron chi connectivity index (χ3n) is 4.04. The molecule has 0 bridgehead atoms. The molecule has 1 saturated heterocycles. The summed E-state index contributed by atoms with van der Waals surface area (Å²) in [7, 11) is 2.38. The summed E-state index contributed by atoms with van der Waals surface area (Å²) >= 11 is 0. The van der Waals surface area contributed by atoms with E-state index in [9.17, 15) is 13.2 Å². The summed E-state index contributed by atoms with van der Waals surface area (Å²) in [5, 5.41) is 2.84. The van der Waals surface area contributed by atoms with Crippen molar-refractivity contribution in [3.05, 3.63) is 24.3 Å². The Morgan fingerprint density at radius 3 is 2.42 bits per heavy atom. The summed E-state index contributed by atoms with van der Waals surface area (Å²) in [6, 6.07) is 6.50. The molecule has 7 nitrogen and oxygen atoms in total. The number of hydrogen-bond acceptors (Lipinski definition) is 5. The van der Waals surface area contributed by atoms with Gasteiger partial charge in [-0.3, -0.25) is 0 Å². The van der Waals surface area contributed by atoms with E-state index in [0.717, 1.165) is 0 Å². The first-order valence-electron chi connectivity index (χ1n) is 7.87. The molecule has 1 atom stereocenters. The van der Waals surface area contributed by atoms with E-state index in [1.165, 1.54) is 0 Å². The van der Waals surface area contributed by atoms with E-state index in [0.29, 0.717) is 30.9 Å². The lowest BCUT2D eigenvalue weighted by Crippen LogP contribution is -2.46. The van der Waals surface area contributed by atoms with Gasteiger partial charge in [-0.15, -0.1) is 0 Å². The van der Waals surface area contributed by atoms with Gasteiger partial charge in [0.2, 0.25) is 0 Å². The molecule has 1 aliphatic rings. The number of urea groups is 1. The van der Waals surface area contributed by atoms with Gasteiger partial charge in [0.15, 0.2) is 9.84 Å². The Kier molecular flexibility index (Phi) is 6.06. The second kappa shape index (κ2) is 7.85. The largest absolute Gasteiger partial charge is 0.497 e. The van der Waals surface area contributed by atoms with E-state index >= 15 is 0 Å². The standard InChI is InChI=1S/C16H25N3O4S/c1-18(2)9-10-19(14-8-11-24(21,22)12-14)16(20)17-13-4-6-15(23-3)7-5-13/h4-7,14H,8-12H2,1-3H3,(H,17,20). The highest BCUT2D eigenvalue weighted by Gasteiger charge is 2.34. The summed E-state index contributed by atoms with van der Waals surface area (Å²) in [4.78, 5) is 16.3. The Bertz CT molecular complexity index is 658. The van der Waals surface area contributed by atoms with Crippen molar-refractivity contribution in [2.75, 3.05) is 51.1 Å². The third-order valence-corrected chi connectivity index (χ3v) is 5.79. The highest BCUT2D eigenvalue weighted by atomic mass is 32.2. The molecular weight excluding hydrogens is 330 g/mol. The van der Waals surface area contributed by atoms with Gasteiger partial charge in [-0.05, 0) is 44.8 Å². The number of nitrogens with zero attached hydrogens (tertiary/aromatic N) is 2. The van der Waals surface area contributed by atoms with Gasteiger partial charge in [0, 0.05) is 24.8 Å². The second-order valence-corrected chi connectivity index (χ2v) is 8.44. The van der Waals surface area contributed by atoms with E-state index in [-0.39, 0.29) is 23.6 Å². The second-order valence-electron chi connectivity index (χ2n) is 6.21. The number of amides is 2. The minimum atomic E-state index is -3.05. The van der Waals surface area contributed by atoms with Crippen molar-refractivity contribution in [1.29, 1.82) is 0 Å². The summed E-state index contributed by atoms with van der Waals surface area (Å²) in [5.74, 6) is 0.891. The van der Waals surface area contributed by atoms with Crippen LogP contribution in [-0.2, 0) is 9.84 Å². The van der Waals surface area contributed by atoms with Gasteiger partial charge in [-0.25, -0.2) is 13.2 Å². The van der Waals surface area contributed by atoms with Crippen LogP contribution in [0.2, 0.25) is 0 Å². The first-order chi connectivity index (χ1) is 11.3. The average molecular weight is 355 g/mol. The molecule has 1 N–H and O–H groups in total. The highest BCUT2D eigenvalue weighted by Crippen LogP contribution is 2.20. The summed E-state index contributed by atoms with van der Waals surface area (Å²) in [6.45, 7) is 1.15. The van der Waals surface area contributed by atoms with E-state index in [4.69, 9.17) is 4.74 Å². The van der Waals surface area contributed by atoms with Crippen LogP contribution < -0.4 is 10.1 Å². The summed E-state index contributed by atoms with van der Waals surface area (Å²) in [5.41, 5.74) is 0.650. The highest BCUT2D eigenvalue weighted by molar-refractivity contribution is 7.91. The Hall–Kier alpha value is -1.80. The smallest absolute Gasteiger partial charge is 0.322 e. The predicted octanol–water partition coefficient (Wildman–Crippen LogP) is 1.28.